The molecule has 18 heavy (non-hydrogen) atoms. The van der Waals surface area contributed by atoms with Crippen LogP contribution in [0.4, 0.5) is 23.2 Å². The quantitative estimate of drug-likeness (QED) is 0.831. The van der Waals surface area contributed by atoms with Crippen LogP contribution in [0.3, 0.4) is 0 Å². The minimum atomic E-state index is -4.71. The Balaban J connectivity index is 2.70. The lowest BCUT2D eigenvalue weighted by Gasteiger charge is -2.14. The molecule has 7 heteroatoms. The van der Waals surface area contributed by atoms with E-state index in [0.717, 1.165) is 0 Å². The zero-order valence-corrected chi connectivity index (χ0v) is 9.42. The van der Waals surface area contributed by atoms with Crippen LogP contribution in [0.2, 0.25) is 0 Å². The number of halogens is 4. The fraction of sp³-hybridized carbons (Fsp3) is 0.364. The molecule has 1 rings (SSSR count). The van der Waals surface area contributed by atoms with Crippen molar-refractivity contribution in [2.24, 2.45) is 0 Å². The third-order valence-electron chi connectivity index (χ3n) is 2.00. The van der Waals surface area contributed by atoms with Crippen LogP contribution >= 0.6 is 0 Å². The molecule has 0 saturated heterocycles. The lowest BCUT2D eigenvalue weighted by atomic mass is 10.2. The Morgan fingerprint density at radius 3 is 2.33 bits per heavy atom. The minimum Gasteiger partial charge on any atom is -0.494 e. The Kier molecular flexibility index (Phi) is 4.52. The number of nitrogens with one attached hydrogen (secondary N) is 1. The number of hydrogen-bond donors (Lipinski definition) is 1. The van der Waals surface area contributed by atoms with Crippen molar-refractivity contribution in [1.82, 2.24) is 0 Å². The molecule has 0 unspecified atom stereocenters. The molecule has 0 bridgehead atoms. The summed E-state index contributed by atoms with van der Waals surface area (Å²) in [7, 11) is 0. The molecule has 0 aliphatic rings. The number of benzene rings is 1. The average Bonchev–Trinajstić information content (AvgIpc) is 2.31. The Morgan fingerprint density at radius 1 is 1.33 bits per heavy atom. The summed E-state index contributed by atoms with van der Waals surface area (Å²) in [5.41, 5.74) is -0.0104. The zero-order chi connectivity index (χ0) is 13.8. The highest BCUT2D eigenvalue weighted by atomic mass is 19.3. The third kappa shape index (κ3) is 3.35. The summed E-state index contributed by atoms with van der Waals surface area (Å²) in [6, 6.07) is 5.42. The second-order valence-corrected chi connectivity index (χ2v) is 3.34. The van der Waals surface area contributed by atoms with Gasteiger partial charge in [-0.25, -0.2) is 8.78 Å². The Hall–Kier alpha value is -1.79. The molecule has 0 spiro atoms. The van der Waals surface area contributed by atoms with E-state index in [1.54, 1.807) is 12.2 Å². The normalized spacial score (nSPS) is 11.4. The van der Waals surface area contributed by atoms with Crippen LogP contribution in [0, 0.1) is 0 Å². The molecule has 100 valence electrons. The maximum atomic E-state index is 12.6. The number of alkyl halides is 4. The first-order valence-electron chi connectivity index (χ1n) is 5.08. The molecule has 0 aliphatic heterocycles. The number of carbonyl (C=O) groups excluding carboxylic acids is 1. The van der Waals surface area contributed by atoms with E-state index in [2.05, 4.69) is 0 Å². The number of carbonyl (C=O) groups is 1. The number of amides is 1. The predicted octanol–water partition coefficient (Wildman–Crippen LogP) is 2.92. The molecule has 3 nitrogen and oxygen atoms in total. The van der Waals surface area contributed by atoms with Gasteiger partial charge in [0.25, 0.3) is 0 Å². The largest absolute Gasteiger partial charge is 0.494 e. The molecule has 1 aromatic carbocycles. The second kappa shape index (κ2) is 5.70. The highest BCUT2D eigenvalue weighted by Gasteiger charge is 2.48. The Bertz CT molecular complexity index is 406. The van der Waals surface area contributed by atoms with Crippen molar-refractivity contribution in [3.8, 4) is 5.75 Å². The van der Waals surface area contributed by atoms with Gasteiger partial charge in [-0.1, -0.05) is 0 Å². The zero-order valence-electron chi connectivity index (χ0n) is 9.42. The molecule has 0 atom stereocenters. The van der Waals surface area contributed by atoms with Gasteiger partial charge >= 0.3 is 18.3 Å². The molecule has 0 saturated carbocycles. The van der Waals surface area contributed by atoms with Crippen molar-refractivity contribution in [3.63, 3.8) is 0 Å². The van der Waals surface area contributed by atoms with E-state index < -0.39 is 18.3 Å². The molecular weight excluding hydrogens is 254 g/mol. The van der Waals surface area contributed by atoms with Gasteiger partial charge < -0.3 is 10.1 Å². The molecule has 0 heterocycles. The van der Waals surface area contributed by atoms with Crippen LogP contribution in [-0.4, -0.2) is 24.9 Å². The molecule has 1 aromatic rings. The molecule has 0 fully saturated rings. The third-order valence-corrected chi connectivity index (χ3v) is 2.00. The SMILES string of the molecule is CCOc1ccc(NC(=O)C(F)(F)C(F)F)cc1. The van der Waals surface area contributed by atoms with Gasteiger partial charge in [-0.05, 0) is 31.2 Å². The van der Waals surface area contributed by atoms with Gasteiger partial charge in [0, 0.05) is 5.69 Å². The molecule has 0 radical (unpaired) electrons. The van der Waals surface area contributed by atoms with Gasteiger partial charge in [0.2, 0.25) is 0 Å². The summed E-state index contributed by atoms with van der Waals surface area (Å²) in [5, 5.41) is 1.71. The van der Waals surface area contributed by atoms with Gasteiger partial charge in [-0.2, -0.15) is 8.78 Å². The summed E-state index contributed by atoms with van der Waals surface area (Å²) >= 11 is 0. The lowest BCUT2D eigenvalue weighted by molar-refractivity contribution is -0.163. The van der Waals surface area contributed by atoms with Crippen LogP contribution in [0.15, 0.2) is 24.3 Å². The summed E-state index contributed by atoms with van der Waals surface area (Å²) in [4.78, 5) is 10.9. The van der Waals surface area contributed by atoms with Crippen LogP contribution in [0.1, 0.15) is 6.92 Å². The topological polar surface area (TPSA) is 38.3 Å². The van der Waals surface area contributed by atoms with Gasteiger partial charge in [-0.15, -0.1) is 0 Å². The first kappa shape index (κ1) is 14.3. The van der Waals surface area contributed by atoms with E-state index in [1.165, 1.54) is 24.3 Å². The monoisotopic (exact) mass is 265 g/mol. The highest BCUT2D eigenvalue weighted by Crippen LogP contribution is 2.25. The standard InChI is InChI=1S/C11H11F4NO2/c1-2-18-8-5-3-7(4-6-8)16-10(17)11(14,15)9(12)13/h3-6,9H,2H2,1H3,(H,16,17). The number of hydrogen-bond acceptors (Lipinski definition) is 2. The van der Waals surface area contributed by atoms with E-state index >= 15 is 0 Å². The first-order chi connectivity index (χ1) is 8.37. The molecule has 1 amide bonds. The molecule has 0 aromatic heterocycles. The fourth-order valence-electron chi connectivity index (χ4n) is 1.11. The van der Waals surface area contributed by atoms with Crippen LogP contribution < -0.4 is 10.1 Å². The molecular formula is C11H11F4NO2. The van der Waals surface area contributed by atoms with Gasteiger partial charge in [0.05, 0.1) is 6.61 Å². The van der Waals surface area contributed by atoms with Crippen molar-refractivity contribution >= 4 is 11.6 Å². The Labute approximate surface area is 101 Å². The average molecular weight is 265 g/mol. The smallest absolute Gasteiger partial charge is 0.383 e. The van der Waals surface area contributed by atoms with Crippen molar-refractivity contribution < 1.29 is 27.1 Å². The van der Waals surface area contributed by atoms with Crippen LogP contribution in [0.5, 0.6) is 5.75 Å². The van der Waals surface area contributed by atoms with Crippen molar-refractivity contribution in [2.45, 2.75) is 19.3 Å². The van der Waals surface area contributed by atoms with E-state index in [4.69, 9.17) is 4.74 Å². The van der Waals surface area contributed by atoms with Crippen LogP contribution in [-0.2, 0) is 4.79 Å². The van der Waals surface area contributed by atoms with E-state index in [1.807, 2.05) is 0 Å². The number of anilines is 1. The van der Waals surface area contributed by atoms with Crippen molar-refractivity contribution in [2.75, 3.05) is 11.9 Å². The van der Waals surface area contributed by atoms with Crippen molar-refractivity contribution in [1.29, 1.82) is 0 Å². The predicted molar refractivity (Wildman–Crippen MR) is 57.2 cm³/mol. The van der Waals surface area contributed by atoms with E-state index in [9.17, 15) is 22.4 Å². The van der Waals surface area contributed by atoms with Crippen LogP contribution in [0.25, 0.3) is 0 Å². The van der Waals surface area contributed by atoms with Crippen molar-refractivity contribution in [3.05, 3.63) is 24.3 Å². The second-order valence-electron chi connectivity index (χ2n) is 3.34. The summed E-state index contributed by atoms with van der Waals surface area (Å²) in [6.07, 6.45) is -4.04. The van der Waals surface area contributed by atoms with E-state index in [-0.39, 0.29) is 5.69 Å². The Morgan fingerprint density at radius 2 is 1.89 bits per heavy atom. The minimum absolute atomic E-state index is 0.0104. The summed E-state index contributed by atoms with van der Waals surface area (Å²) in [5.74, 6) is -6.27. The van der Waals surface area contributed by atoms with Gasteiger partial charge in [-0.3, -0.25) is 4.79 Å². The van der Waals surface area contributed by atoms with Gasteiger partial charge in [0.15, 0.2) is 0 Å². The van der Waals surface area contributed by atoms with E-state index in [0.29, 0.717) is 12.4 Å². The summed E-state index contributed by atoms with van der Waals surface area (Å²) in [6.45, 7) is 2.19. The first-order valence-corrected chi connectivity index (χ1v) is 5.08. The fourth-order valence-corrected chi connectivity index (χ4v) is 1.11. The highest BCUT2D eigenvalue weighted by molar-refractivity contribution is 5.96. The molecule has 0 aliphatic carbocycles. The summed E-state index contributed by atoms with van der Waals surface area (Å²) < 4.78 is 54.2. The number of ether oxygens (including phenoxy) is 1. The number of rotatable bonds is 5. The maximum Gasteiger partial charge on any atom is 0.383 e. The van der Waals surface area contributed by atoms with Gasteiger partial charge in [0.1, 0.15) is 5.75 Å². The lowest BCUT2D eigenvalue weighted by Crippen LogP contribution is -2.40. The molecule has 1 N–H and O–H groups in total. The maximum absolute atomic E-state index is 12.6.